The highest BCUT2D eigenvalue weighted by Crippen LogP contribution is 2.15. The van der Waals surface area contributed by atoms with Gasteiger partial charge in [0.05, 0.1) is 5.69 Å². The largest absolute Gasteiger partial charge is 0.503 e. The molecule has 0 aliphatic rings. The number of nitrogens with zero attached hydrogens (tertiary/aromatic N) is 1. The van der Waals surface area contributed by atoms with Gasteiger partial charge >= 0.3 is 0 Å². The van der Waals surface area contributed by atoms with Gasteiger partial charge in [-0.05, 0) is 48.9 Å². The minimum atomic E-state index is -0.426. The number of aromatic hydroxyl groups is 1. The first kappa shape index (κ1) is 20.1. The summed E-state index contributed by atoms with van der Waals surface area (Å²) < 4.78 is 20.2. The smallest absolute Gasteiger partial charge is 0.251 e. The van der Waals surface area contributed by atoms with E-state index in [1.54, 1.807) is 54.1 Å². The number of hydrogen-bond acceptors (Lipinski definition) is 4. The maximum atomic E-state index is 12.9. The first-order valence-corrected chi connectivity index (χ1v) is 9.08. The Morgan fingerprint density at radius 2 is 1.79 bits per heavy atom. The highest BCUT2D eigenvalue weighted by atomic mass is 19.1. The van der Waals surface area contributed by atoms with E-state index in [1.165, 1.54) is 18.2 Å². The molecule has 0 atom stereocenters. The van der Waals surface area contributed by atoms with E-state index in [2.05, 4.69) is 5.32 Å². The summed E-state index contributed by atoms with van der Waals surface area (Å²) in [6.45, 7) is 2.70. The van der Waals surface area contributed by atoms with Gasteiger partial charge in [0, 0.05) is 30.9 Å². The summed E-state index contributed by atoms with van der Waals surface area (Å²) in [6.07, 6.45) is 1.58. The number of amides is 1. The molecule has 150 valence electrons. The third-order valence-corrected chi connectivity index (χ3v) is 4.49. The van der Waals surface area contributed by atoms with Gasteiger partial charge in [0.1, 0.15) is 18.2 Å². The summed E-state index contributed by atoms with van der Waals surface area (Å²) in [5.74, 6) is -0.213. The first-order valence-electron chi connectivity index (χ1n) is 9.08. The van der Waals surface area contributed by atoms with Gasteiger partial charge in [0.15, 0.2) is 5.75 Å². The zero-order valence-corrected chi connectivity index (χ0v) is 15.9. The van der Waals surface area contributed by atoms with Crippen LogP contribution >= 0.6 is 0 Å². The first-order chi connectivity index (χ1) is 13.9. The fourth-order valence-corrected chi connectivity index (χ4v) is 2.75. The molecule has 0 radical (unpaired) electrons. The molecule has 1 amide bonds. The summed E-state index contributed by atoms with van der Waals surface area (Å²) in [7, 11) is 0. The van der Waals surface area contributed by atoms with Crippen LogP contribution in [0.15, 0.2) is 65.6 Å². The molecule has 6 nitrogen and oxygen atoms in total. The van der Waals surface area contributed by atoms with Crippen LogP contribution < -0.4 is 15.5 Å². The van der Waals surface area contributed by atoms with E-state index in [4.69, 9.17) is 4.74 Å². The molecule has 0 bridgehead atoms. The van der Waals surface area contributed by atoms with Gasteiger partial charge in [-0.25, -0.2) is 4.39 Å². The van der Waals surface area contributed by atoms with Crippen LogP contribution in [0.5, 0.6) is 11.5 Å². The zero-order valence-electron chi connectivity index (χ0n) is 15.9. The van der Waals surface area contributed by atoms with E-state index < -0.39 is 5.43 Å². The van der Waals surface area contributed by atoms with Crippen molar-refractivity contribution in [2.75, 3.05) is 6.54 Å². The van der Waals surface area contributed by atoms with Gasteiger partial charge in [-0.2, -0.15) is 0 Å². The molecule has 0 saturated carbocycles. The Balaban J connectivity index is 1.50. The normalized spacial score (nSPS) is 10.6. The number of halogens is 1. The molecule has 3 rings (SSSR count). The van der Waals surface area contributed by atoms with Gasteiger partial charge in [0.25, 0.3) is 5.91 Å². The maximum absolute atomic E-state index is 12.9. The summed E-state index contributed by atoms with van der Waals surface area (Å²) in [4.78, 5) is 23.6. The Bertz CT molecular complexity index is 1040. The molecule has 7 heteroatoms. The van der Waals surface area contributed by atoms with Crippen LogP contribution in [-0.4, -0.2) is 22.1 Å². The number of nitrogens with one attached hydrogen (secondary N) is 1. The third-order valence-electron chi connectivity index (χ3n) is 4.49. The minimum Gasteiger partial charge on any atom is -0.503 e. The molecule has 3 aromatic rings. The number of aromatic nitrogens is 1. The fourth-order valence-electron chi connectivity index (χ4n) is 2.75. The van der Waals surface area contributed by atoms with Gasteiger partial charge in [-0.1, -0.05) is 12.1 Å². The Morgan fingerprint density at radius 1 is 1.10 bits per heavy atom. The minimum absolute atomic E-state index is 0.238. The molecule has 0 unspecified atom stereocenters. The number of ether oxygens (including phenoxy) is 1. The van der Waals surface area contributed by atoms with Crippen LogP contribution in [0.4, 0.5) is 4.39 Å². The quantitative estimate of drug-likeness (QED) is 0.643. The Hall–Kier alpha value is -3.61. The van der Waals surface area contributed by atoms with Crippen molar-refractivity contribution in [2.24, 2.45) is 0 Å². The van der Waals surface area contributed by atoms with E-state index in [0.29, 0.717) is 36.7 Å². The van der Waals surface area contributed by atoms with E-state index in [9.17, 15) is 19.1 Å². The number of pyridine rings is 1. The Kier molecular flexibility index (Phi) is 6.29. The topological polar surface area (TPSA) is 80.6 Å². The average Bonchev–Trinajstić information content (AvgIpc) is 2.73. The van der Waals surface area contributed by atoms with Crippen LogP contribution in [0.3, 0.4) is 0 Å². The third kappa shape index (κ3) is 5.22. The van der Waals surface area contributed by atoms with Crippen molar-refractivity contribution in [1.29, 1.82) is 0 Å². The van der Waals surface area contributed by atoms with Crippen molar-refractivity contribution in [3.63, 3.8) is 0 Å². The van der Waals surface area contributed by atoms with Crippen LogP contribution in [-0.2, 0) is 13.2 Å². The van der Waals surface area contributed by atoms with Crippen molar-refractivity contribution in [3.8, 4) is 11.5 Å². The summed E-state index contributed by atoms with van der Waals surface area (Å²) in [5, 5.41) is 12.5. The molecule has 1 heterocycles. The SMILES string of the molecule is Cc1c(O)c(=O)ccn1CCNC(=O)c1ccc(OCc2ccc(F)cc2)cc1. The summed E-state index contributed by atoms with van der Waals surface area (Å²) in [6, 6.07) is 14.1. The standard InChI is InChI=1S/C22H21FN2O4/c1-15-21(27)20(26)10-12-25(15)13-11-24-22(28)17-4-8-19(9-5-17)29-14-16-2-6-18(23)7-3-16/h2-10,12,27H,11,13-14H2,1H3,(H,24,28). The van der Waals surface area contributed by atoms with Gasteiger partial charge in [0.2, 0.25) is 5.43 Å². The van der Waals surface area contributed by atoms with Crippen LogP contribution in [0.1, 0.15) is 21.6 Å². The molecule has 29 heavy (non-hydrogen) atoms. The number of carbonyl (C=O) groups is 1. The van der Waals surface area contributed by atoms with E-state index in [0.717, 1.165) is 5.56 Å². The van der Waals surface area contributed by atoms with Gasteiger partial charge in [-0.15, -0.1) is 0 Å². The monoisotopic (exact) mass is 396 g/mol. The molecule has 0 spiro atoms. The molecule has 1 aromatic heterocycles. The predicted octanol–water partition coefficient (Wildman–Crippen LogP) is 3.01. The summed E-state index contributed by atoms with van der Waals surface area (Å²) in [5.41, 5.74) is 1.36. The van der Waals surface area contributed by atoms with Gasteiger partial charge < -0.3 is 19.7 Å². The molecular formula is C22H21FN2O4. The number of benzene rings is 2. The second-order valence-corrected chi connectivity index (χ2v) is 6.50. The second kappa shape index (κ2) is 9.05. The molecule has 0 fully saturated rings. The lowest BCUT2D eigenvalue weighted by Gasteiger charge is -2.12. The number of carbonyl (C=O) groups excluding carboxylic acids is 1. The molecule has 0 saturated heterocycles. The van der Waals surface area contributed by atoms with Crippen molar-refractivity contribution in [1.82, 2.24) is 9.88 Å². The van der Waals surface area contributed by atoms with Crippen molar-refractivity contribution >= 4 is 5.91 Å². The molecule has 0 aliphatic heterocycles. The van der Waals surface area contributed by atoms with E-state index >= 15 is 0 Å². The van der Waals surface area contributed by atoms with Crippen molar-refractivity contribution in [3.05, 3.63) is 93.7 Å². The van der Waals surface area contributed by atoms with Crippen molar-refractivity contribution in [2.45, 2.75) is 20.1 Å². The lowest BCUT2D eigenvalue weighted by molar-refractivity contribution is 0.0952. The lowest BCUT2D eigenvalue weighted by Crippen LogP contribution is -2.28. The van der Waals surface area contributed by atoms with E-state index in [-0.39, 0.29) is 17.5 Å². The summed E-state index contributed by atoms with van der Waals surface area (Å²) >= 11 is 0. The number of hydrogen-bond donors (Lipinski definition) is 2. The molecule has 0 aliphatic carbocycles. The van der Waals surface area contributed by atoms with E-state index in [1.807, 2.05) is 0 Å². The highest BCUT2D eigenvalue weighted by molar-refractivity contribution is 5.94. The lowest BCUT2D eigenvalue weighted by atomic mass is 10.2. The van der Waals surface area contributed by atoms with Gasteiger partial charge in [-0.3, -0.25) is 9.59 Å². The predicted molar refractivity (Wildman–Crippen MR) is 107 cm³/mol. The zero-order chi connectivity index (χ0) is 20.8. The average molecular weight is 396 g/mol. The molecule has 2 aromatic carbocycles. The van der Waals surface area contributed by atoms with Crippen molar-refractivity contribution < 1.29 is 19.0 Å². The molecular weight excluding hydrogens is 375 g/mol. The van der Waals surface area contributed by atoms with Crippen LogP contribution in [0.25, 0.3) is 0 Å². The fraction of sp³-hybridized carbons (Fsp3) is 0.182. The Morgan fingerprint density at radius 3 is 2.48 bits per heavy atom. The Labute approximate surface area is 167 Å². The van der Waals surface area contributed by atoms with Crippen LogP contribution in [0.2, 0.25) is 0 Å². The second-order valence-electron chi connectivity index (χ2n) is 6.50. The molecule has 2 N–H and O–H groups in total. The number of rotatable bonds is 7. The highest BCUT2D eigenvalue weighted by Gasteiger charge is 2.08. The van der Waals surface area contributed by atoms with Crippen LogP contribution in [0, 0.1) is 12.7 Å². The maximum Gasteiger partial charge on any atom is 0.251 e.